The summed E-state index contributed by atoms with van der Waals surface area (Å²) >= 11 is 0. The second kappa shape index (κ2) is 6.00. The Labute approximate surface area is 179 Å². The fourth-order valence-corrected chi connectivity index (χ4v) is 7.64. The van der Waals surface area contributed by atoms with Crippen LogP contribution in [0.25, 0.3) is 0 Å². The first-order valence-electron chi connectivity index (χ1n) is 11.4. The van der Waals surface area contributed by atoms with Crippen molar-refractivity contribution in [2.24, 2.45) is 23.2 Å². The highest BCUT2D eigenvalue weighted by molar-refractivity contribution is 5.51. The maximum atomic E-state index is 11.4. The SMILES string of the molecule is COc1ccc2c(c1C)[C@H](O)C[C@]1(C)[C@@H]3CC[C@]21O[C@@]1(OC(C)(C)[C@@H](C)[C@H]1O)[C@H]3C. The molecule has 1 aromatic rings. The molecule has 5 heteroatoms. The summed E-state index contributed by atoms with van der Waals surface area (Å²) in [5, 5.41) is 22.7. The van der Waals surface area contributed by atoms with Crippen molar-refractivity contribution in [3.8, 4) is 5.75 Å². The maximum absolute atomic E-state index is 11.4. The largest absolute Gasteiger partial charge is 0.496 e. The Kier molecular flexibility index (Phi) is 4.15. The van der Waals surface area contributed by atoms with Gasteiger partial charge in [-0.2, -0.15) is 0 Å². The van der Waals surface area contributed by atoms with Crippen LogP contribution in [0.2, 0.25) is 0 Å². The van der Waals surface area contributed by atoms with Gasteiger partial charge in [-0.15, -0.1) is 0 Å². The molecule has 8 atom stereocenters. The van der Waals surface area contributed by atoms with Gasteiger partial charge in [0.25, 0.3) is 0 Å². The lowest BCUT2D eigenvalue weighted by Crippen LogP contribution is -2.66. The van der Waals surface area contributed by atoms with E-state index < -0.39 is 29.2 Å². The Bertz CT molecular complexity index is 896. The molecule has 5 rings (SSSR count). The monoisotopic (exact) mass is 416 g/mol. The van der Waals surface area contributed by atoms with Crippen molar-refractivity contribution in [3.05, 3.63) is 28.8 Å². The van der Waals surface area contributed by atoms with Crippen molar-refractivity contribution in [2.45, 2.75) is 90.0 Å². The first kappa shape index (κ1) is 20.7. The minimum absolute atomic E-state index is 0.0328. The maximum Gasteiger partial charge on any atom is 0.199 e. The standard InChI is InChI=1S/C25H36O5/c1-13-19(28-7)9-8-17-20(13)18(26)12-23(6)16-10-11-24(17,23)30-25(14(16)2)21(27)15(3)22(4,5)29-25/h8-9,14-16,18,21,26-27H,10-12H2,1-7H3/t14-,15-,16+,18+,21+,23+,24-,25-/m0/s1. The summed E-state index contributed by atoms with van der Waals surface area (Å²) in [7, 11) is 1.66. The number of aliphatic hydroxyl groups is 2. The molecule has 0 radical (unpaired) electrons. The second-order valence-electron chi connectivity index (χ2n) is 11.0. The van der Waals surface area contributed by atoms with Crippen molar-refractivity contribution in [1.82, 2.24) is 0 Å². The predicted octanol–water partition coefficient (Wildman–Crippen LogP) is 4.22. The minimum Gasteiger partial charge on any atom is -0.496 e. The highest BCUT2D eigenvalue weighted by Crippen LogP contribution is 2.73. The zero-order chi connectivity index (χ0) is 21.9. The summed E-state index contributed by atoms with van der Waals surface area (Å²) < 4.78 is 19.3. The number of fused-ring (bicyclic) bond motifs is 1. The Morgan fingerprint density at radius 3 is 2.37 bits per heavy atom. The first-order chi connectivity index (χ1) is 13.9. The van der Waals surface area contributed by atoms with E-state index in [1.54, 1.807) is 7.11 Å². The van der Waals surface area contributed by atoms with E-state index in [0.717, 1.165) is 35.3 Å². The van der Waals surface area contributed by atoms with Gasteiger partial charge in [-0.25, -0.2) is 0 Å². The average Bonchev–Trinajstić information content (AvgIpc) is 2.99. The second-order valence-corrected chi connectivity index (χ2v) is 11.0. The zero-order valence-corrected chi connectivity index (χ0v) is 19.3. The van der Waals surface area contributed by atoms with Crippen LogP contribution in [-0.4, -0.2) is 34.8 Å². The number of ether oxygens (including phenoxy) is 3. The number of aliphatic hydroxyl groups excluding tert-OH is 2. The van der Waals surface area contributed by atoms with Crippen molar-refractivity contribution < 1.29 is 24.4 Å². The lowest BCUT2D eigenvalue weighted by Gasteiger charge is -2.62. The third-order valence-corrected chi connectivity index (χ3v) is 9.60. The average molecular weight is 417 g/mol. The lowest BCUT2D eigenvalue weighted by molar-refractivity contribution is -0.393. The van der Waals surface area contributed by atoms with Crippen molar-refractivity contribution in [3.63, 3.8) is 0 Å². The van der Waals surface area contributed by atoms with Gasteiger partial charge in [0.2, 0.25) is 0 Å². The van der Waals surface area contributed by atoms with Crippen LogP contribution in [0.5, 0.6) is 5.75 Å². The van der Waals surface area contributed by atoms with Gasteiger partial charge in [0, 0.05) is 17.3 Å². The first-order valence-corrected chi connectivity index (χ1v) is 11.4. The van der Waals surface area contributed by atoms with Gasteiger partial charge < -0.3 is 24.4 Å². The van der Waals surface area contributed by atoms with E-state index in [0.29, 0.717) is 12.3 Å². The van der Waals surface area contributed by atoms with Gasteiger partial charge in [0.15, 0.2) is 5.79 Å². The Morgan fingerprint density at radius 2 is 1.77 bits per heavy atom. The highest BCUT2D eigenvalue weighted by Gasteiger charge is 2.76. The number of methoxy groups -OCH3 is 1. The molecule has 1 spiro atoms. The summed E-state index contributed by atoms with van der Waals surface area (Å²) in [6, 6.07) is 4.06. The van der Waals surface area contributed by atoms with Gasteiger partial charge in [-0.05, 0) is 68.7 Å². The summed E-state index contributed by atoms with van der Waals surface area (Å²) in [5.74, 6) is 0.0499. The molecule has 0 aromatic heterocycles. The highest BCUT2D eigenvalue weighted by atomic mass is 16.7. The third-order valence-electron chi connectivity index (χ3n) is 9.60. The molecule has 2 N–H and O–H groups in total. The lowest BCUT2D eigenvalue weighted by atomic mass is 9.54. The van der Waals surface area contributed by atoms with E-state index in [-0.39, 0.29) is 17.3 Å². The Hall–Kier alpha value is -1.14. The number of hydrogen-bond acceptors (Lipinski definition) is 5. The van der Waals surface area contributed by atoms with Gasteiger partial charge in [-0.3, -0.25) is 0 Å². The summed E-state index contributed by atoms with van der Waals surface area (Å²) in [4.78, 5) is 0. The number of hydrogen-bond donors (Lipinski definition) is 2. The number of rotatable bonds is 1. The molecule has 2 heterocycles. The molecule has 30 heavy (non-hydrogen) atoms. The van der Waals surface area contributed by atoms with Gasteiger partial charge in [-0.1, -0.05) is 26.8 Å². The zero-order valence-electron chi connectivity index (χ0n) is 19.3. The molecule has 1 aromatic carbocycles. The van der Waals surface area contributed by atoms with Crippen LogP contribution in [0.4, 0.5) is 0 Å². The van der Waals surface area contributed by atoms with Crippen LogP contribution in [0.3, 0.4) is 0 Å². The quantitative estimate of drug-likeness (QED) is 0.717. The van der Waals surface area contributed by atoms with Gasteiger partial charge >= 0.3 is 0 Å². The molecule has 2 aliphatic heterocycles. The fraction of sp³-hybridized carbons (Fsp3) is 0.760. The molecular formula is C25H36O5. The molecule has 5 nitrogen and oxygen atoms in total. The van der Waals surface area contributed by atoms with Crippen molar-refractivity contribution >= 4 is 0 Å². The molecule has 1 saturated carbocycles. The van der Waals surface area contributed by atoms with Crippen molar-refractivity contribution in [2.75, 3.05) is 7.11 Å². The molecule has 0 amide bonds. The fourth-order valence-electron chi connectivity index (χ4n) is 7.64. The molecule has 2 bridgehead atoms. The van der Waals surface area contributed by atoms with Crippen LogP contribution in [0.1, 0.15) is 76.7 Å². The predicted molar refractivity (Wildman–Crippen MR) is 113 cm³/mol. The summed E-state index contributed by atoms with van der Waals surface area (Å²) in [5.41, 5.74) is 1.67. The molecule has 166 valence electrons. The van der Waals surface area contributed by atoms with E-state index in [4.69, 9.17) is 14.2 Å². The van der Waals surface area contributed by atoms with Crippen molar-refractivity contribution in [1.29, 1.82) is 0 Å². The molecule has 2 aliphatic carbocycles. The van der Waals surface area contributed by atoms with E-state index in [1.165, 1.54) is 0 Å². The summed E-state index contributed by atoms with van der Waals surface area (Å²) in [6.45, 7) is 12.6. The van der Waals surface area contributed by atoms with Crippen LogP contribution < -0.4 is 4.74 Å². The molecule has 2 saturated heterocycles. The molecule has 3 fully saturated rings. The van der Waals surface area contributed by atoms with Crippen LogP contribution >= 0.6 is 0 Å². The van der Waals surface area contributed by atoms with Crippen LogP contribution in [0, 0.1) is 30.1 Å². The van der Waals surface area contributed by atoms with Crippen LogP contribution in [0.15, 0.2) is 12.1 Å². The molecule has 4 aliphatic rings. The third kappa shape index (κ3) is 2.13. The molecule has 0 unspecified atom stereocenters. The van der Waals surface area contributed by atoms with E-state index >= 15 is 0 Å². The van der Waals surface area contributed by atoms with Crippen LogP contribution in [-0.2, 0) is 15.1 Å². The summed E-state index contributed by atoms with van der Waals surface area (Å²) in [6.07, 6.45) is 1.27. The topological polar surface area (TPSA) is 68.2 Å². The Morgan fingerprint density at radius 1 is 1.07 bits per heavy atom. The van der Waals surface area contributed by atoms with E-state index in [9.17, 15) is 10.2 Å². The van der Waals surface area contributed by atoms with E-state index in [1.807, 2.05) is 26.8 Å². The normalized spacial score (nSPS) is 48.5. The van der Waals surface area contributed by atoms with Gasteiger partial charge in [0.05, 0.1) is 18.8 Å². The molecular weight excluding hydrogens is 380 g/mol. The number of benzene rings is 1. The van der Waals surface area contributed by atoms with E-state index in [2.05, 4.69) is 26.8 Å². The van der Waals surface area contributed by atoms with Gasteiger partial charge in [0.1, 0.15) is 17.5 Å². The smallest absolute Gasteiger partial charge is 0.199 e. The Balaban J connectivity index is 1.73. The minimum atomic E-state index is -1.03.